The van der Waals surface area contributed by atoms with Gasteiger partial charge in [0.25, 0.3) is 0 Å². The molecule has 0 saturated heterocycles. The lowest BCUT2D eigenvalue weighted by atomic mass is 10.1. The number of amides is 4. The number of aromatic nitrogens is 1. The monoisotopic (exact) mass is 388 g/mol. The molecule has 0 fully saturated rings. The SMILES string of the molecule is NC(=O)CCC(N)C(=O)NC(=O)CNC(=O)[C@@H](N)Cc1c[nH]c2ccccc12. The largest absolute Gasteiger partial charge is 0.370 e. The smallest absolute Gasteiger partial charge is 0.245 e. The minimum Gasteiger partial charge on any atom is -0.370 e. The fraction of sp³-hybridized carbons (Fsp3) is 0.333. The number of carbonyl (C=O) groups is 4. The van der Waals surface area contributed by atoms with Gasteiger partial charge in [-0.05, 0) is 24.5 Å². The zero-order valence-electron chi connectivity index (χ0n) is 15.2. The normalized spacial score (nSPS) is 12.9. The van der Waals surface area contributed by atoms with Crippen LogP contribution in [0.15, 0.2) is 30.5 Å². The van der Waals surface area contributed by atoms with Gasteiger partial charge in [0.1, 0.15) is 0 Å². The first kappa shape index (κ1) is 21.1. The van der Waals surface area contributed by atoms with Crippen molar-refractivity contribution in [2.75, 3.05) is 6.54 Å². The maximum absolute atomic E-state index is 12.1. The highest BCUT2D eigenvalue weighted by molar-refractivity contribution is 6.00. The molecular weight excluding hydrogens is 364 g/mol. The zero-order chi connectivity index (χ0) is 20.7. The van der Waals surface area contributed by atoms with Crippen molar-refractivity contribution in [2.24, 2.45) is 17.2 Å². The van der Waals surface area contributed by atoms with Crippen LogP contribution in [0.5, 0.6) is 0 Å². The lowest BCUT2D eigenvalue weighted by molar-refractivity contribution is -0.132. The van der Waals surface area contributed by atoms with Crippen LogP contribution >= 0.6 is 0 Å². The van der Waals surface area contributed by atoms with Gasteiger partial charge in [0.2, 0.25) is 23.6 Å². The summed E-state index contributed by atoms with van der Waals surface area (Å²) in [5.41, 5.74) is 18.3. The summed E-state index contributed by atoms with van der Waals surface area (Å²) >= 11 is 0. The fourth-order valence-electron chi connectivity index (χ4n) is 2.63. The summed E-state index contributed by atoms with van der Waals surface area (Å²) in [4.78, 5) is 49.4. The van der Waals surface area contributed by atoms with Gasteiger partial charge in [-0.1, -0.05) is 18.2 Å². The number of carbonyl (C=O) groups excluding carboxylic acids is 4. The molecule has 1 aromatic carbocycles. The highest BCUT2D eigenvalue weighted by atomic mass is 16.2. The van der Waals surface area contributed by atoms with Gasteiger partial charge in [-0.3, -0.25) is 24.5 Å². The van der Waals surface area contributed by atoms with Crippen LogP contribution in [0.1, 0.15) is 18.4 Å². The summed E-state index contributed by atoms with van der Waals surface area (Å²) in [5, 5.41) is 5.41. The van der Waals surface area contributed by atoms with E-state index < -0.39 is 42.3 Å². The summed E-state index contributed by atoms with van der Waals surface area (Å²) in [7, 11) is 0. The van der Waals surface area contributed by atoms with E-state index in [9.17, 15) is 19.2 Å². The molecule has 0 bridgehead atoms. The maximum atomic E-state index is 12.1. The van der Waals surface area contributed by atoms with Crippen LogP contribution in [-0.2, 0) is 25.6 Å². The van der Waals surface area contributed by atoms with Crippen molar-refractivity contribution in [3.63, 3.8) is 0 Å². The summed E-state index contributed by atoms with van der Waals surface area (Å²) in [5.74, 6) is -2.59. The number of hydrogen-bond acceptors (Lipinski definition) is 6. The van der Waals surface area contributed by atoms with Gasteiger partial charge in [-0.25, -0.2) is 0 Å². The molecule has 0 radical (unpaired) electrons. The second-order valence-corrected chi connectivity index (χ2v) is 6.41. The maximum Gasteiger partial charge on any atom is 0.245 e. The van der Waals surface area contributed by atoms with E-state index in [2.05, 4.69) is 15.6 Å². The Morgan fingerprint density at radius 3 is 2.46 bits per heavy atom. The summed E-state index contributed by atoms with van der Waals surface area (Å²) in [6, 6.07) is 5.72. The first-order chi connectivity index (χ1) is 13.3. The predicted octanol–water partition coefficient (Wildman–Crippen LogP) is -1.61. The number of H-pyrrole nitrogens is 1. The number of benzene rings is 1. The number of imide groups is 1. The first-order valence-corrected chi connectivity index (χ1v) is 8.73. The molecule has 0 aliphatic rings. The van der Waals surface area contributed by atoms with Crippen LogP contribution in [0.25, 0.3) is 10.9 Å². The molecule has 9 N–H and O–H groups in total. The second kappa shape index (κ2) is 9.62. The number of nitrogens with two attached hydrogens (primary N) is 3. The molecule has 1 aromatic heterocycles. The molecule has 150 valence electrons. The predicted molar refractivity (Wildman–Crippen MR) is 103 cm³/mol. The number of primary amides is 1. The molecule has 0 spiro atoms. The molecule has 0 saturated carbocycles. The van der Waals surface area contributed by atoms with Crippen LogP contribution in [0, 0.1) is 0 Å². The molecule has 2 atom stereocenters. The van der Waals surface area contributed by atoms with Gasteiger partial charge >= 0.3 is 0 Å². The molecular formula is C18H24N6O4. The molecule has 28 heavy (non-hydrogen) atoms. The molecule has 4 amide bonds. The number of hydrogen-bond donors (Lipinski definition) is 6. The first-order valence-electron chi connectivity index (χ1n) is 8.73. The number of para-hydroxylation sites is 1. The van der Waals surface area contributed by atoms with E-state index in [1.807, 2.05) is 24.3 Å². The molecule has 0 aliphatic heterocycles. The highest BCUT2D eigenvalue weighted by Crippen LogP contribution is 2.18. The van der Waals surface area contributed by atoms with Crippen molar-refractivity contribution in [1.82, 2.24) is 15.6 Å². The van der Waals surface area contributed by atoms with Gasteiger partial charge < -0.3 is 27.5 Å². The third-order valence-electron chi connectivity index (χ3n) is 4.18. The standard InChI is InChI=1S/C18H24N6O4/c19-12(5-6-15(21)25)18(28)24-16(26)9-23-17(27)13(20)7-10-8-22-14-4-2-1-3-11(10)14/h1-4,8,12-13,22H,5-7,9,19-20H2,(H2,21,25)(H,23,27)(H,24,26,28)/t12?,13-/m0/s1. The Labute approximate surface area is 161 Å². The molecule has 1 heterocycles. The number of aromatic amines is 1. The molecule has 2 aromatic rings. The van der Waals surface area contributed by atoms with E-state index >= 15 is 0 Å². The van der Waals surface area contributed by atoms with Crippen molar-refractivity contribution in [1.29, 1.82) is 0 Å². The molecule has 0 aliphatic carbocycles. The van der Waals surface area contributed by atoms with Crippen molar-refractivity contribution >= 4 is 34.5 Å². The highest BCUT2D eigenvalue weighted by Gasteiger charge is 2.19. The molecule has 2 rings (SSSR count). The Bertz CT molecular complexity index is 878. The average molecular weight is 388 g/mol. The van der Waals surface area contributed by atoms with Gasteiger partial charge in [0.15, 0.2) is 0 Å². The third kappa shape index (κ3) is 5.89. The van der Waals surface area contributed by atoms with E-state index in [1.165, 1.54) is 0 Å². The fourth-order valence-corrected chi connectivity index (χ4v) is 2.63. The van der Waals surface area contributed by atoms with E-state index in [1.54, 1.807) is 6.20 Å². The van der Waals surface area contributed by atoms with Crippen LogP contribution in [0.4, 0.5) is 0 Å². The minimum atomic E-state index is -1.05. The second-order valence-electron chi connectivity index (χ2n) is 6.41. The Hall–Kier alpha value is -3.24. The lowest BCUT2D eigenvalue weighted by Gasteiger charge is -2.13. The Kier molecular flexibility index (Phi) is 7.24. The molecule has 10 nitrogen and oxygen atoms in total. The Morgan fingerprint density at radius 1 is 1.04 bits per heavy atom. The number of fused-ring (bicyclic) bond motifs is 1. The van der Waals surface area contributed by atoms with E-state index in [4.69, 9.17) is 17.2 Å². The van der Waals surface area contributed by atoms with Crippen LogP contribution in [0.2, 0.25) is 0 Å². The van der Waals surface area contributed by atoms with Crippen LogP contribution in [0.3, 0.4) is 0 Å². The Morgan fingerprint density at radius 2 is 1.75 bits per heavy atom. The molecule has 10 heteroatoms. The van der Waals surface area contributed by atoms with E-state index in [0.29, 0.717) is 0 Å². The quantitative estimate of drug-likeness (QED) is 0.300. The van der Waals surface area contributed by atoms with Gasteiger partial charge in [-0.15, -0.1) is 0 Å². The van der Waals surface area contributed by atoms with Crippen molar-refractivity contribution in [2.45, 2.75) is 31.3 Å². The van der Waals surface area contributed by atoms with Crippen LogP contribution in [-0.4, -0.2) is 47.2 Å². The van der Waals surface area contributed by atoms with E-state index in [-0.39, 0.29) is 19.3 Å². The topological polar surface area (TPSA) is 186 Å². The summed E-state index contributed by atoms with van der Waals surface area (Å²) < 4.78 is 0. The van der Waals surface area contributed by atoms with Gasteiger partial charge in [0.05, 0.1) is 18.6 Å². The van der Waals surface area contributed by atoms with Crippen molar-refractivity contribution in [3.05, 3.63) is 36.0 Å². The summed E-state index contributed by atoms with van der Waals surface area (Å²) in [6.45, 7) is -0.422. The number of rotatable bonds is 9. The van der Waals surface area contributed by atoms with Gasteiger partial charge in [-0.2, -0.15) is 0 Å². The average Bonchev–Trinajstić information content (AvgIpc) is 3.06. The number of nitrogens with one attached hydrogen (secondary N) is 3. The van der Waals surface area contributed by atoms with Crippen molar-refractivity contribution in [3.8, 4) is 0 Å². The zero-order valence-corrected chi connectivity index (χ0v) is 15.2. The lowest BCUT2D eigenvalue weighted by Crippen LogP contribution is -2.49. The van der Waals surface area contributed by atoms with Crippen LogP contribution < -0.4 is 27.8 Å². The Balaban J connectivity index is 1.78. The summed E-state index contributed by atoms with van der Waals surface area (Å²) in [6.07, 6.45) is 2.03. The van der Waals surface area contributed by atoms with E-state index in [0.717, 1.165) is 16.5 Å². The third-order valence-corrected chi connectivity index (χ3v) is 4.18. The molecule has 1 unspecified atom stereocenters. The minimum absolute atomic E-state index is 0.0241. The van der Waals surface area contributed by atoms with Crippen molar-refractivity contribution < 1.29 is 19.2 Å². The van der Waals surface area contributed by atoms with Gasteiger partial charge in [0, 0.05) is 23.5 Å².